The molecule has 0 saturated heterocycles. The molecule has 2 unspecified atom stereocenters. The quantitative estimate of drug-likeness (QED) is 0.129. The number of hydrogen-bond acceptors (Lipinski definition) is 2. The lowest BCUT2D eigenvalue weighted by molar-refractivity contribution is 0.563. The van der Waals surface area contributed by atoms with E-state index < -0.39 is 0 Å². The molecule has 0 fully saturated rings. The molecule has 2 radical (unpaired) electrons. The van der Waals surface area contributed by atoms with Gasteiger partial charge < -0.3 is 8.83 Å². The van der Waals surface area contributed by atoms with Crippen LogP contribution >= 0.6 is 0 Å². The molecule has 2 atom stereocenters. The van der Waals surface area contributed by atoms with Gasteiger partial charge in [0.05, 0.1) is 0 Å². The first-order valence-electron chi connectivity index (χ1n) is 22.2. The van der Waals surface area contributed by atoms with E-state index in [2.05, 4.69) is 170 Å². The van der Waals surface area contributed by atoms with Crippen LogP contribution in [-0.2, 0) is 25.7 Å². The monoisotopic (exact) mass is 802 g/mol. The molecule has 0 aliphatic heterocycles. The molecule has 61 heavy (non-hydrogen) atoms. The summed E-state index contributed by atoms with van der Waals surface area (Å²) in [5.74, 6) is 4.32. The summed E-state index contributed by atoms with van der Waals surface area (Å²) >= 11 is 0. The van der Waals surface area contributed by atoms with Crippen LogP contribution in [0.15, 0.2) is 167 Å². The maximum Gasteiger partial charge on any atom is 0.134 e. The third-order valence-electron chi connectivity index (χ3n) is 13.8. The fourth-order valence-electron chi connectivity index (χ4n) is 11.0. The maximum absolute atomic E-state index is 6.81. The Morgan fingerprint density at radius 1 is 0.410 bits per heavy atom. The highest BCUT2D eigenvalue weighted by Gasteiger charge is 2.36. The Bertz CT molecular complexity index is 2780. The summed E-state index contributed by atoms with van der Waals surface area (Å²) < 4.78 is 13.6. The van der Waals surface area contributed by atoms with E-state index in [1.807, 2.05) is 0 Å². The average molecular weight is 803 g/mol. The predicted molar refractivity (Wildman–Crippen MR) is 253 cm³/mol. The number of rotatable bonds is 10. The van der Waals surface area contributed by atoms with Crippen molar-refractivity contribution >= 4 is 32.8 Å². The SMILES string of the molecule is C1=C(c2ccc(-c3ccccc3)o2)C(C[Si]CC2C(c3ccc(-c4ccccc4)o3)=Cc3c2cc2c(c3-c3ccccc3)CCC2)c2cc3c(c(-c4ccccc4)c21)CCC3. The van der Waals surface area contributed by atoms with Gasteiger partial charge in [0.15, 0.2) is 0 Å². The summed E-state index contributed by atoms with van der Waals surface area (Å²) in [4.78, 5) is 0. The van der Waals surface area contributed by atoms with Crippen molar-refractivity contribution in [2.24, 2.45) is 0 Å². The summed E-state index contributed by atoms with van der Waals surface area (Å²) in [5, 5.41) is 0. The molecule has 2 nitrogen and oxygen atoms in total. The van der Waals surface area contributed by atoms with E-state index in [1.54, 1.807) is 11.1 Å². The van der Waals surface area contributed by atoms with E-state index in [4.69, 9.17) is 8.83 Å². The summed E-state index contributed by atoms with van der Waals surface area (Å²) in [6, 6.07) is 59.4. The van der Waals surface area contributed by atoms with Gasteiger partial charge in [-0.15, -0.1) is 0 Å². The summed E-state index contributed by atoms with van der Waals surface area (Å²) in [6.45, 7) is 0. The highest BCUT2D eigenvalue weighted by atomic mass is 28.2. The van der Waals surface area contributed by atoms with Crippen LogP contribution in [0.3, 0.4) is 0 Å². The van der Waals surface area contributed by atoms with Crippen molar-refractivity contribution in [1.29, 1.82) is 0 Å². The van der Waals surface area contributed by atoms with E-state index in [-0.39, 0.29) is 11.8 Å². The summed E-state index contributed by atoms with van der Waals surface area (Å²) in [6.07, 6.45) is 12.0. The number of aryl methyl sites for hydroxylation is 2. The van der Waals surface area contributed by atoms with Crippen molar-refractivity contribution in [3.05, 3.63) is 214 Å². The minimum Gasteiger partial charge on any atom is -0.456 e. The number of allylic oxidation sites excluding steroid dienone is 2. The highest BCUT2D eigenvalue weighted by Crippen LogP contribution is 2.54. The Morgan fingerprint density at radius 3 is 1.20 bits per heavy atom. The van der Waals surface area contributed by atoms with Crippen LogP contribution in [0.5, 0.6) is 0 Å². The van der Waals surface area contributed by atoms with Crippen LogP contribution < -0.4 is 0 Å². The van der Waals surface area contributed by atoms with Crippen LogP contribution in [0.2, 0.25) is 12.1 Å². The number of fused-ring (bicyclic) bond motifs is 4. The first-order chi connectivity index (χ1) is 30.2. The Labute approximate surface area is 361 Å². The van der Waals surface area contributed by atoms with Crippen molar-refractivity contribution in [2.45, 2.75) is 62.4 Å². The molecule has 4 aliphatic rings. The first-order valence-corrected chi connectivity index (χ1v) is 23.6. The van der Waals surface area contributed by atoms with Crippen molar-refractivity contribution in [2.75, 3.05) is 0 Å². The first kappa shape index (κ1) is 36.4. The van der Waals surface area contributed by atoms with Gasteiger partial charge in [-0.2, -0.15) is 0 Å². The Balaban J connectivity index is 0.944. The standard InChI is InChI=1S/C58H46O2Si/c1-5-15-37(16-6-1)53-27-29-55(59-53)47-33-49-45(31-41-23-13-25-43(41)57(49)39-19-9-3-10-20-39)51(47)35-61-36-52-46-32-42-24-14-26-44(42)58(40-21-11-4-12-22-40)50(46)34-48(52)56-30-28-54(60-56)38-17-7-2-8-18-38/h1-12,15-22,27-34,51-52H,13-14,23-26,35-36H2. The molecule has 3 heteroatoms. The van der Waals surface area contributed by atoms with Crippen LogP contribution in [0.25, 0.3) is 68.2 Å². The average Bonchev–Trinajstić information content (AvgIpc) is 4.19. The van der Waals surface area contributed by atoms with E-state index in [1.165, 1.54) is 79.6 Å². The van der Waals surface area contributed by atoms with Crippen LogP contribution in [0.4, 0.5) is 0 Å². The Morgan fingerprint density at radius 2 is 0.787 bits per heavy atom. The second-order valence-corrected chi connectivity index (χ2v) is 18.6. The Hall–Kier alpha value is -6.42. The number of benzene rings is 6. The lowest BCUT2D eigenvalue weighted by Crippen LogP contribution is -2.09. The third kappa shape index (κ3) is 6.37. The zero-order chi connectivity index (χ0) is 40.3. The molecule has 0 spiro atoms. The Kier molecular flexibility index (Phi) is 9.10. The molecule has 294 valence electrons. The van der Waals surface area contributed by atoms with Crippen molar-refractivity contribution in [1.82, 2.24) is 0 Å². The summed E-state index contributed by atoms with van der Waals surface area (Å²) in [7, 11) is 0.727. The largest absolute Gasteiger partial charge is 0.456 e. The third-order valence-corrected chi connectivity index (χ3v) is 15.2. The molecule has 12 rings (SSSR count). The highest BCUT2D eigenvalue weighted by molar-refractivity contribution is 6.37. The van der Waals surface area contributed by atoms with Gasteiger partial charge in [0, 0.05) is 43.6 Å². The minimum absolute atomic E-state index is 0.248. The van der Waals surface area contributed by atoms with E-state index >= 15 is 0 Å². The predicted octanol–water partition coefficient (Wildman–Crippen LogP) is 15.0. The summed E-state index contributed by atoms with van der Waals surface area (Å²) in [5.41, 5.74) is 22.3. The van der Waals surface area contributed by atoms with Crippen molar-refractivity contribution in [3.63, 3.8) is 0 Å². The molecule has 0 N–H and O–H groups in total. The van der Waals surface area contributed by atoms with Gasteiger partial charge in [0.25, 0.3) is 0 Å². The zero-order valence-electron chi connectivity index (χ0n) is 34.3. The van der Waals surface area contributed by atoms with Gasteiger partial charge in [-0.3, -0.25) is 0 Å². The van der Waals surface area contributed by atoms with Crippen molar-refractivity contribution < 1.29 is 8.83 Å². The van der Waals surface area contributed by atoms with Gasteiger partial charge >= 0.3 is 0 Å². The fourth-order valence-corrected chi connectivity index (χ4v) is 12.6. The zero-order valence-corrected chi connectivity index (χ0v) is 35.3. The lowest BCUT2D eigenvalue weighted by Gasteiger charge is -2.22. The van der Waals surface area contributed by atoms with Crippen LogP contribution in [0.1, 0.15) is 80.7 Å². The van der Waals surface area contributed by atoms with Gasteiger partial charge in [0.1, 0.15) is 23.0 Å². The lowest BCUT2D eigenvalue weighted by atomic mass is 9.87. The van der Waals surface area contributed by atoms with Crippen molar-refractivity contribution in [3.8, 4) is 44.9 Å². The molecule has 0 amide bonds. The molecule has 2 heterocycles. The van der Waals surface area contributed by atoms with Gasteiger partial charge in [0.2, 0.25) is 0 Å². The van der Waals surface area contributed by atoms with E-state index in [9.17, 15) is 0 Å². The number of hydrogen-bond donors (Lipinski definition) is 0. The fraction of sp³-hybridized carbons (Fsp3) is 0.172. The van der Waals surface area contributed by atoms with Gasteiger partial charge in [-0.05, 0) is 154 Å². The normalized spacial score (nSPS) is 17.2. The molecule has 8 aromatic rings. The molecule has 2 aromatic heterocycles. The van der Waals surface area contributed by atoms with Gasteiger partial charge in [-0.25, -0.2) is 0 Å². The molecular weight excluding hydrogens is 757 g/mol. The molecule has 4 aliphatic carbocycles. The molecule has 0 saturated carbocycles. The topological polar surface area (TPSA) is 26.3 Å². The second kappa shape index (κ2) is 15.2. The molecular formula is C58H46O2Si. The van der Waals surface area contributed by atoms with E-state index in [0.717, 1.165) is 81.5 Å². The van der Waals surface area contributed by atoms with Crippen LogP contribution in [-0.4, -0.2) is 9.52 Å². The molecule has 6 aromatic carbocycles. The number of furan rings is 2. The van der Waals surface area contributed by atoms with E-state index in [0.29, 0.717) is 0 Å². The maximum atomic E-state index is 6.81. The minimum atomic E-state index is 0.248. The molecule has 0 bridgehead atoms. The smallest absolute Gasteiger partial charge is 0.134 e. The second-order valence-electron chi connectivity index (χ2n) is 17.2. The van der Waals surface area contributed by atoms with Gasteiger partial charge in [-0.1, -0.05) is 133 Å². The van der Waals surface area contributed by atoms with Crippen LogP contribution in [0, 0.1) is 0 Å².